The standard InChI is InChI=1S/C23H37NOS/c25-23(24-18-8-13-20-12-4-5-16-22(20)24)17-7-15-21(26)14-6-11-19-9-2-1-3-10-19/h9,20,22H,1-8,10-18H2. The van der Waals surface area contributed by atoms with Gasteiger partial charge in [0, 0.05) is 19.0 Å². The molecule has 1 saturated carbocycles. The fourth-order valence-corrected chi connectivity index (χ4v) is 5.57. The lowest BCUT2D eigenvalue weighted by atomic mass is 9.78. The molecule has 0 aromatic rings. The third kappa shape index (κ3) is 5.90. The van der Waals surface area contributed by atoms with Crippen LogP contribution in [-0.2, 0) is 4.79 Å². The average molecular weight is 376 g/mol. The maximum atomic E-state index is 12.7. The first kappa shape index (κ1) is 20.0. The van der Waals surface area contributed by atoms with Gasteiger partial charge in [0.1, 0.15) is 0 Å². The van der Waals surface area contributed by atoms with Crippen molar-refractivity contribution in [3.05, 3.63) is 11.6 Å². The Kier molecular flexibility index (Phi) is 8.16. The van der Waals surface area contributed by atoms with Gasteiger partial charge in [0.25, 0.3) is 0 Å². The summed E-state index contributed by atoms with van der Waals surface area (Å²) in [5.41, 5.74) is 1.65. The molecule has 2 atom stereocenters. The molecule has 2 fully saturated rings. The molecule has 1 amide bonds. The SMILES string of the molecule is O=C(CCCC(=S)CCCC1=CCCCC1)N1CCCC2CCCCC21. The summed E-state index contributed by atoms with van der Waals surface area (Å²) in [4.78, 5) is 16.2. The quantitative estimate of drug-likeness (QED) is 0.362. The van der Waals surface area contributed by atoms with E-state index < -0.39 is 0 Å². The zero-order valence-corrected chi connectivity index (χ0v) is 17.3. The van der Waals surface area contributed by atoms with Crippen molar-refractivity contribution in [1.82, 2.24) is 4.90 Å². The van der Waals surface area contributed by atoms with Gasteiger partial charge in [-0.15, -0.1) is 0 Å². The molecule has 0 bridgehead atoms. The first-order valence-electron chi connectivity index (χ1n) is 11.2. The minimum Gasteiger partial charge on any atom is -0.339 e. The molecule has 1 aliphatic heterocycles. The molecule has 26 heavy (non-hydrogen) atoms. The van der Waals surface area contributed by atoms with E-state index in [1.807, 2.05) is 0 Å². The summed E-state index contributed by atoms with van der Waals surface area (Å²) in [6, 6.07) is 0.556. The van der Waals surface area contributed by atoms with Gasteiger partial charge in [0.15, 0.2) is 0 Å². The Morgan fingerprint density at radius 2 is 1.81 bits per heavy atom. The van der Waals surface area contributed by atoms with Crippen molar-refractivity contribution >= 4 is 23.0 Å². The van der Waals surface area contributed by atoms with Crippen LogP contribution in [0.1, 0.15) is 103 Å². The molecule has 0 aromatic heterocycles. The zero-order chi connectivity index (χ0) is 18.2. The lowest BCUT2D eigenvalue weighted by molar-refractivity contribution is -0.137. The normalized spacial score (nSPS) is 26.2. The van der Waals surface area contributed by atoms with Crippen LogP contribution in [0.3, 0.4) is 0 Å². The maximum absolute atomic E-state index is 12.7. The highest BCUT2D eigenvalue weighted by molar-refractivity contribution is 7.80. The molecule has 0 radical (unpaired) electrons. The van der Waals surface area contributed by atoms with Crippen molar-refractivity contribution in [3.63, 3.8) is 0 Å². The molecular weight excluding hydrogens is 338 g/mol. The van der Waals surface area contributed by atoms with Crippen molar-refractivity contribution in [1.29, 1.82) is 0 Å². The molecule has 1 saturated heterocycles. The van der Waals surface area contributed by atoms with Gasteiger partial charge >= 0.3 is 0 Å². The van der Waals surface area contributed by atoms with Crippen LogP contribution in [0.2, 0.25) is 0 Å². The summed E-state index contributed by atoms with van der Waals surface area (Å²) in [6.45, 7) is 1.000. The number of likely N-dealkylation sites (tertiary alicyclic amines) is 1. The van der Waals surface area contributed by atoms with E-state index in [2.05, 4.69) is 11.0 Å². The largest absolute Gasteiger partial charge is 0.339 e. The second-order valence-corrected chi connectivity index (χ2v) is 9.27. The number of hydrogen-bond donors (Lipinski definition) is 0. The highest BCUT2D eigenvalue weighted by Crippen LogP contribution is 2.35. The monoisotopic (exact) mass is 375 g/mol. The van der Waals surface area contributed by atoms with Crippen molar-refractivity contribution in [2.24, 2.45) is 5.92 Å². The van der Waals surface area contributed by atoms with Crippen LogP contribution in [-0.4, -0.2) is 28.3 Å². The van der Waals surface area contributed by atoms with Crippen LogP contribution in [0.4, 0.5) is 0 Å². The fourth-order valence-electron chi connectivity index (χ4n) is 5.28. The second kappa shape index (κ2) is 10.6. The Hall–Kier alpha value is -0.700. The van der Waals surface area contributed by atoms with E-state index in [0.29, 0.717) is 18.4 Å². The minimum absolute atomic E-state index is 0.400. The van der Waals surface area contributed by atoms with E-state index in [0.717, 1.165) is 31.7 Å². The molecule has 0 aromatic carbocycles. The first-order valence-corrected chi connectivity index (χ1v) is 11.6. The summed E-state index contributed by atoms with van der Waals surface area (Å²) < 4.78 is 0. The van der Waals surface area contributed by atoms with Crippen LogP contribution in [0.15, 0.2) is 11.6 Å². The molecule has 2 unspecified atom stereocenters. The second-order valence-electron chi connectivity index (χ2n) is 8.70. The smallest absolute Gasteiger partial charge is 0.222 e. The third-order valence-corrected chi connectivity index (χ3v) is 7.16. The van der Waals surface area contributed by atoms with Crippen molar-refractivity contribution in [2.75, 3.05) is 6.54 Å². The molecule has 2 aliphatic carbocycles. The third-order valence-electron chi connectivity index (χ3n) is 6.75. The lowest BCUT2D eigenvalue weighted by Crippen LogP contribution is -2.49. The van der Waals surface area contributed by atoms with Crippen molar-refractivity contribution < 1.29 is 4.79 Å². The lowest BCUT2D eigenvalue weighted by Gasteiger charge is -2.44. The van der Waals surface area contributed by atoms with E-state index in [1.165, 1.54) is 81.9 Å². The highest BCUT2D eigenvalue weighted by atomic mass is 32.1. The Morgan fingerprint density at radius 1 is 1.00 bits per heavy atom. The summed E-state index contributed by atoms with van der Waals surface area (Å²) >= 11 is 5.58. The highest BCUT2D eigenvalue weighted by Gasteiger charge is 2.35. The Bertz CT molecular complexity index is 510. The molecular formula is C23H37NOS. The van der Waals surface area contributed by atoms with Gasteiger partial charge in [0.05, 0.1) is 0 Å². The Morgan fingerprint density at radius 3 is 2.65 bits per heavy atom. The van der Waals surface area contributed by atoms with Crippen LogP contribution in [0.5, 0.6) is 0 Å². The van der Waals surface area contributed by atoms with Gasteiger partial charge in [0.2, 0.25) is 5.91 Å². The van der Waals surface area contributed by atoms with E-state index >= 15 is 0 Å². The number of thiocarbonyl (C=S) groups is 1. The Labute approximate surface area is 165 Å². The van der Waals surface area contributed by atoms with Crippen molar-refractivity contribution in [2.45, 2.75) is 109 Å². The van der Waals surface area contributed by atoms with Crippen LogP contribution in [0, 0.1) is 5.92 Å². The van der Waals surface area contributed by atoms with Gasteiger partial charge in [-0.25, -0.2) is 0 Å². The molecule has 3 rings (SSSR count). The van der Waals surface area contributed by atoms with Gasteiger partial charge < -0.3 is 4.90 Å². The minimum atomic E-state index is 0.400. The number of amides is 1. The van der Waals surface area contributed by atoms with Crippen molar-refractivity contribution in [3.8, 4) is 0 Å². The zero-order valence-electron chi connectivity index (χ0n) is 16.5. The summed E-state index contributed by atoms with van der Waals surface area (Å²) in [7, 11) is 0. The summed E-state index contributed by atoms with van der Waals surface area (Å²) in [5.74, 6) is 1.19. The predicted octanol–water partition coefficient (Wildman–Crippen LogP) is 6.38. The molecule has 0 N–H and O–H groups in total. The Balaban J connectivity index is 1.31. The summed E-state index contributed by atoms with van der Waals surface area (Å²) in [6.07, 6.45) is 21.7. The molecule has 3 aliphatic rings. The van der Waals surface area contributed by atoms with E-state index in [-0.39, 0.29) is 0 Å². The molecule has 1 heterocycles. The average Bonchev–Trinajstić information content (AvgIpc) is 2.68. The maximum Gasteiger partial charge on any atom is 0.222 e. The predicted molar refractivity (Wildman–Crippen MR) is 114 cm³/mol. The van der Waals surface area contributed by atoms with E-state index in [4.69, 9.17) is 12.2 Å². The number of rotatable bonds is 8. The molecule has 2 nitrogen and oxygen atoms in total. The van der Waals surface area contributed by atoms with E-state index in [9.17, 15) is 4.79 Å². The van der Waals surface area contributed by atoms with Gasteiger partial charge in [-0.3, -0.25) is 4.79 Å². The molecule has 146 valence electrons. The topological polar surface area (TPSA) is 20.3 Å². The summed E-state index contributed by atoms with van der Waals surface area (Å²) in [5, 5.41) is 0. The first-order chi connectivity index (χ1) is 12.7. The van der Waals surface area contributed by atoms with Crippen LogP contribution in [0.25, 0.3) is 0 Å². The molecule has 3 heteroatoms. The van der Waals surface area contributed by atoms with Gasteiger partial charge in [-0.2, -0.15) is 0 Å². The van der Waals surface area contributed by atoms with Gasteiger partial charge in [-0.1, -0.05) is 36.7 Å². The number of allylic oxidation sites excluding steroid dienone is 2. The number of carbonyl (C=O) groups excluding carboxylic acids is 1. The molecule has 0 spiro atoms. The van der Waals surface area contributed by atoms with Gasteiger partial charge in [-0.05, 0) is 94.3 Å². The number of piperidine rings is 1. The van der Waals surface area contributed by atoms with E-state index in [1.54, 1.807) is 5.57 Å². The number of carbonyl (C=O) groups is 1. The number of fused-ring (bicyclic) bond motifs is 1. The van der Waals surface area contributed by atoms with Crippen LogP contribution < -0.4 is 0 Å². The number of hydrogen-bond acceptors (Lipinski definition) is 2. The number of nitrogens with zero attached hydrogens (tertiary/aromatic N) is 1. The fraction of sp³-hybridized carbons (Fsp3) is 0.826. The van der Waals surface area contributed by atoms with Crippen LogP contribution >= 0.6 is 12.2 Å².